The first-order chi connectivity index (χ1) is 9.15. The topological polar surface area (TPSA) is 48.7 Å². The summed E-state index contributed by atoms with van der Waals surface area (Å²) < 4.78 is 13.5. The maximum atomic E-state index is 13.5. The van der Waals surface area contributed by atoms with Gasteiger partial charge in [-0.25, -0.2) is 4.39 Å². The molecule has 2 rings (SSSR count). The van der Waals surface area contributed by atoms with E-state index in [0.717, 1.165) is 16.7 Å². The first kappa shape index (κ1) is 13.2. The Morgan fingerprint density at radius 3 is 2.79 bits per heavy atom. The molecule has 0 aliphatic rings. The lowest BCUT2D eigenvalue weighted by Gasteiger charge is -2.16. The van der Waals surface area contributed by atoms with Crippen LogP contribution in [0.2, 0.25) is 0 Å². The van der Waals surface area contributed by atoms with Crippen molar-refractivity contribution in [3.63, 3.8) is 0 Å². The number of aromatic nitrogens is 1. The molecule has 0 spiro atoms. The average Bonchev–Trinajstić information content (AvgIpc) is 2.46. The standard InChI is InChI=1S/C15H14FN3/c1-10(18-2)14-4-3-13(16)6-15(14)12-5-11(7-17)8-19-9-12/h3-6,8-10,18H,1-2H3. The number of nitriles is 1. The number of benzene rings is 1. The third-order valence-electron chi connectivity index (χ3n) is 3.09. The number of halogens is 1. The van der Waals surface area contributed by atoms with Crippen molar-refractivity contribution in [3.8, 4) is 17.2 Å². The molecule has 1 atom stereocenters. The van der Waals surface area contributed by atoms with E-state index in [9.17, 15) is 4.39 Å². The number of nitrogens with one attached hydrogen (secondary N) is 1. The molecular formula is C15H14FN3. The van der Waals surface area contributed by atoms with Gasteiger partial charge in [0, 0.05) is 24.0 Å². The molecule has 0 amide bonds. The van der Waals surface area contributed by atoms with Gasteiger partial charge in [0.25, 0.3) is 0 Å². The van der Waals surface area contributed by atoms with Crippen LogP contribution in [0.3, 0.4) is 0 Å². The fourth-order valence-corrected chi connectivity index (χ4v) is 1.96. The molecule has 1 heterocycles. The molecule has 2 aromatic rings. The zero-order chi connectivity index (χ0) is 13.8. The van der Waals surface area contributed by atoms with Crippen LogP contribution in [0.5, 0.6) is 0 Å². The molecule has 0 radical (unpaired) electrons. The van der Waals surface area contributed by atoms with Crippen LogP contribution in [0, 0.1) is 17.1 Å². The van der Waals surface area contributed by atoms with Crippen molar-refractivity contribution in [2.75, 3.05) is 7.05 Å². The van der Waals surface area contributed by atoms with E-state index in [1.165, 1.54) is 18.3 Å². The highest BCUT2D eigenvalue weighted by Crippen LogP contribution is 2.29. The van der Waals surface area contributed by atoms with Gasteiger partial charge in [-0.3, -0.25) is 4.98 Å². The molecule has 0 bridgehead atoms. The van der Waals surface area contributed by atoms with Crippen molar-refractivity contribution in [3.05, 3.63) is 53.6 Å². The van der Waals surface area contributed by atoms with Crippen LogP contribution in [0.4, 0.5) is 4.39 Å². The van der Waals surface area contributed by atoms with Crippen molar-refractivity contribution in [2.45, 2.75) is 13.0 Å². The molecule has 96 valence electrons. The van der Waals surface area contributed by atoms with Crippen LogP contribution in [0.15, 0.2) is 36.7 Å². The average molecular weight is 255 g/mol. The molecule has 0 aliphatic heterocycles. The van der Waals surface area contributed by atoms with Crippen LogP contribution in [0.25, 0.3) is 11.1 Å². The van der Waals surface area contributed by atoms with E-state index >= 15 is 0 Å². The molecule has 4 heteroatoms. The third kappa shape index (κ3) is 2.78. The van der Waals surface area contributed by atoms with Gasteiger partial charge in [0.2, 0.25) is 0 Å². The first-order valence-electron chi connectivity index (χ1n) is 5.98. The number of pyridine rings is 1. The van der Waals surface area contributed by atoms with E-state index in [4.69, 9.17) is 5.26 Å². The summed E-state index contributed by atoms with van der Waals surface area (Å²) in [5.41, 5.74) is 2.94. The summed E-state index contributed by atoms with van der Waals surface area (Å²) in [6, 6.07) is 8.51. The van der Waals surface area contributed by atoms with E-state index in [1.54, 1.807) is 18.3 Å². The Morgan fingerprint density at radius 1 is 1.32 bits per heavy atom. The monoisotopic (exact) mass is 255 g/mol. The normalized spacial score (nSPS) is 11.9. The Morgan fingerprint density at radius 2 is 2.11 bits per heavy atom. The largest absolute Gasteiger partial charge is 0.313 e. The number of hydrogen-bond acceptors (Lipinski definition) is 3. The summed E-state index contributed by atoms with van der Waals surface area (Å²) in [6.45, 7) is 2.00. The summed E-state index contributed by atoms with van der Waals surface area (Å²) in [7, 11) is 1.85. The number of rotatable bonds is 3. The highest BCUT2D eigenvalue weighted by molar-refractivity contribution is 5.68. The number of nitrogens with zero attached hydrogens (tertiary/aromatic N) is 2. The fraction of sp³-hybridized carbons (Fsp3) is 0.200. The predicted octanol–water partition coefficient (Wildman–Crippen LogP) is 3.04. The molecule has 1 unspecified atom stereocenters. The van der Waals surface area contributed by atoms with Gasteiger partial charge in [-0.1, -0.05) is 6.07 Å². The molecule has 19 heavy (non-hydrogen) atoms. The van der Waals surface area contributed by atoms with E-state index in [1.807, 2.05) is 20.0 Å². The minimum absolute atomic E-state index is 0.0846. The van der Waals surface area contributed by atoms with Crippen LogP contribution in [-0.2, 0) is 0 Å². The summed E-state index contributed by atoms with van der Waals surface area (Å²) in [5.74, 6) is -0.301. The van der Waals surface area contributed by atoms with E-state index in [0.29, 0.717) is 5.56 Å². The smallest absolute Gasteiger partial charge is 0.123 e. The van der Waals surface area contributed by atoms with Crippen LogP contribution >= 0.6 is 0 Å². The van der Waals surface area contributed by atoms with Gasteiger partial charge < -0.3 is 5.32 Å². The molecule has 1 aromatic heterocycles. The first-order valence-corrected chi connectivity index (χ1v) is 5.98. The summed E-state index contributed by atoms with van der Waals surface area (Å²) in [6.07, 6.45) is 3.13. The second-order valence-corrected chi connectivity index (χ2v) is 4.32. The van der Waals surface area contributed by atoms with Crippen molar-refractivity contribution in [2.24, 2.45) is 0 Å². The van der Waals surface area contributed by atoms with E-state index < -0.39 is 0 Å². The molecule has 1 N–H and O–H groups in total. The maximum absolute atomic E-state index is 13.5. The summed E-state index contributed by atoms with van der Waals surface area (Å²) in [5, 5.41) is 12.0. The quantitative estimate of drug-likeness (QED) is 0.917. The molecule has 3 nitrogen and oxygen atoms in total. The highest BCUT2D eigenvalue weighted by atomic mass is 19.1. The van der Waals surface area contributed by atoms with E-state index in [-0.39, 0.29) is 11.9 Å². The van der Waals surface area contributed by atoms with Gasteiger partial charge in [-0.2, -0.15) is 5.26 Å². The minimum atomic E-state index is -0.301. The van der Waals surface area contributed by atoms with E-state index in [2.05, 4.69) is 10.3 Å². The van der Waals surface area contributed by atoms with Crippen molar-refractivity contribution in [1.82, 2.24) is 10.3 Å². The van der Waals surface area contributed by atoms with Crippen molar-refractivity contribution in [1.29, 1.82) is 5.26 Å². The van der Waals surface area contributed by atoms with Gasteiger partial charge >= 0.3 is 0 Å². The van der Waals surface area contributed by atoms with Gasteiger partial charge in [0.15, 0.2) is 0 Å². The van der Waals surface area contributed by atoms with Gasteiger partial charge in [-0.05, 0) is 43.3 Å². The Kier molecular flexibility index (Phi) is 3.88. The molecular weight excluding hydrogens is 241 g/mol. The lowest BCUT2D eigenvalue weighted by molar-refractivity contribution is 0.620. The Bertz CT molecular complexity index is 632. The van der Waals surface area contributed by atoms with Crippen molar-refractivity contribution >= 4 is 0 Å². The lowest BCUT2D eigenvalue weighted by atomic mass is 9.96. The van der Waals surface area contributed by atoms with Crippen LogP contribution < -0.4 is 5.32 Å². The zero-order valence-corrected chi connectivity index (χ0v) is 10.8. The molecule has 0 saturated carbocycles. The second-order valence-electron chi connectivity index (χ2n) is 4.32. The van der Waals surface area contributed by atoms with Crippen molar-refractivity contribution < 1.29 is 4.39 Å². The molecule has 1 aromatic carbocycles. The van der Waals surface area contributed by atoms with Crippen LogP contribution in [0.1, 0.15) is 24.1 Å². The van der Waals surface area contributed by atoms with Crippen LogP contribution in [-0.4, -0.2) is 12.0 Å². The van der Waals surface area contributed by atoms with Gasteiger partial charge in [-0.15, -0.1) is 0 Å². The second kappa shape index (κ2) is 5.59. The predicted molar refractivity (Wildman–Crippen MR) is 71.8 cm³/mol. The minimum Gasteiger partial charge on any atom is -0.313 e. The molecule has 0 fully saturated rings. The van der Waals surface area contributed by atoms with Gasteiger partial charge in [0.1, 0.15) is 11.9 Å². The fourth-order valence-electron chi connectivity index (χ4n) is 1.96. The Hall–Kier alpha value is -2.25. The Balaban J connectivity index is 2.59. The molecule has 0 aliphatic carbocycles. The summed E-state index contributed by atoms with van der Waals surface area (Å²) >= 11 is 0. The highest BCUT2D eigenvalue weighted by Gasteiger charge is 2.12. The molecule has 0 saturated heterocycles. The Labute approximate surface area is 111 Å². The lowest BCUT2D eigenvalue weighted by Crippen LogP contribution is -2.13. The van der Waals surface area contributed by atoms with Gasteiger partial charge in [0.05, 0.1) is 5.56 Å². The summed E-state index contributed by atoms with van der Waals surface area (Å²) in [4.78, 5) is 4.02. The third-order valence-corrected chi connectivity index (χ3v) is 3.09. The zero-order valence-electron chi connectivity index (χ0n) is 10.8. The maximum Gasteiger partial charge on any atom is 0.123 e. The SMILES string of the molecule is CNC(C)c1ccc(F)cc1-c1cncc(C#N)c1. The number of hydrogen-bond donors (Lipinski definition) is 1.